The van der Waals surface area contributed by atoms with E-state index in [1.165, 1.54) is 12.1 Å². The molecule has 2 aromatic carbocycles. The molecule has 0 saturated heterocycles. The Labute approximate surface area is 134 Å². The molecule has 0 heterocycles. The summed E-state index contributed by atoms with van der Waals surface area (Å²) < 4.78 is 5.95. The summed E-state index contributed by atoms with van der Waals surface area (Å²) >= 11 is 9.45. The highest BCUT2D eigenvalue weighted by Gasteiger charge is 2.15. The number of hydrogen-bond donors (Lipinski definition) is 3. The number of nitrogens with one attached hydrogen (secondary N) is 1. The van der Waals surface area contributed by atoms with Gasteiger partial charge in [0, 0.05) is 21.9 Å². The van der Waals surface area contributed by atoms with Crippen LogP contribution in [0, 0.1) is 0 Å². The molecule has 4 N–H and O–H groups in total. The maximum Gasteiger partial charge on any atom is 0.337 e. The minimum absolute atomic E-state index is 0.000979. The summed E-state index contributed by atoms with van der Waals surface area (Å²) in [5.41, 5.74) is 6.82. The average Bonchev–Trinajstić information content (AvgIpc) is 2.40. The largest absolute Gasteiger partial charge is 0.497 e. The van der Waals surface area contributed by atoms with Crippen molar-refractivity contribution in [3.05, 3.63) is 45.4 Å². The number of halogens is 2. The molecule has 0 aliphatic rings. The number of anilines is 3. The molecule has 21 heavy (non-hydrogen) atoms. The number of aromatic carboxylic acids is 1. The number of nitrogen functional groups attached to an aromatic ring is 1. The first-order valence-electron chi connectivity index (χ1n) is 5.84. The van der Waals surface area contributed by atoms with E-state index in [-0.39, 0.29) is 22.0 Å². The molecule has 0 amide bonds. The molecule has 7 heteroatoms. The Morgan fingerprint density at radius 1 is 1.33 bits per heavy atom. The molecule has 0 bridgehead atoms. The van der Waals surface area contributed by atoms with Crippen LogP contribution in [0.5, 0.6) is 5.75 Å². The molecule has 0 aromatic heterocycles. The molecule has 0 saturated carbocycles. The van der Waals surface area contributed by atoms with E-state index in [1.807, 2.05) is 0 Å². The van der Waals surface area contributed by atoms with Gasteiger partial charge in [0.25, 0.3) is 0 Å². The lowest BCUT2D eigenvalue weighted by Crippen LogP contribution is -2.05. The second-order valence-corrected chi connectivity index (χ2v) is 5.56. The van der Waals surface area contributed by atoms with Gasteiger partial charge in [0.1, 0.15) is 5.75 Å². The Bertz CT molecular complexity index is 707. The van der Waals surface area contributed by atoms with Gasteiger partial charge in [-0.3, -0.25) is 0 Å². The third kappa shape index (κ3) is 3.59. The number of hydrogen-bond acceptors (Lipinski definition) is 4. The molecule has 0 aliphatic carbocycles. The van der Waals surface area contributed by atoms with Gasteiger partial charge >= 0.3 is 5.97 Å². The van der Waals surface area contributed by atoms with Gasteiger partial charge in [0.2, 0.25) is 0 Å². The molecule has 2 rings (SSSR count). The van der Waals surface area contributed by atoms with Crippen LogP contribution in [0.15, 0.2) is 34.8 Å². The topological polar surface area (TPSA) is 84.6 Å². The van der Waals surface area contributed by atoms with E-state index in [9.17, 15) is 9.90 Å². The fraction of sp³-hybridized carbons (Fsp3) is 0.0714. The molecule has 2 aromatic rings. The summed E-state index contributed by atoms with van der Waals surface area (Å²) in [6.07, 6.45) is 0. The predicted octanol–water partition coefficient (Wildman–Crippen LogP) is 4.14. The maximum atomic E-state index is 11.3. The monoisotopic (exact) mass is 370 g/mol. The fourth-order valence-corrected chi connectivity index (χ4v) is 2.57. The quantitative estimate of drug-likeness (QED) is 0.704. The Morgan fingerprint density at radius 3 is 2.67 bits per heavy atom. The molecular weight excluding hydrogens is 360 g/mol. The highest BCUT2D eigenvalue weighted by molar-refractivity contribution is 9.10. The number of ether oxygens (including phenoxy) is 1. The van der Waals surface area contributed by atoms with Gasteiger partial charge in [-0.1, -0.05) is 27.5 Å². The van der Waals surface area contributed by atoms with Crippen LogP contribution in [0.4, 0.5) is 17.1 Å². The lowest BCUT2D eigenvalue weighted by atomic mass is 10.1. The average molecular weight is 372 g/mol. The molecule has 5 nitrogen and oxygen atoms in total. The van der Waals surface area contributed by atoms with E-state index in [0.717, 1.165) is 4.47 Å². The zero-order chi connectivity index (χ0) is 15.6. The summed E-state index contributed by atoms with van der Waals surface area (Å²) in [6.45, 7) is 0. The van der Waals surface area contributed by atoms with Crippen molar-refractivity contribution in [2.75, 3.05) is 18.2 Å². The number of nitrogens with two attached hydrogens (primary N) is 1. The first-order chi connectivity index (χ1) is 9.90. The molecular formula is C14H12BrClN2O3. The molecule has 0 spiro atoms. The van der Waals surface area contributed by atoms with Crippen LogP contribution in [-0.4, -0.2) is 18.2 Å². The first kappa shape index (κ1) is 15.5. The van der Waals surface area contributed by atoms with Crippen molar-refractivity contribution in [3.8, 4) is 5.75 Å². The molecule has 110 valence electrons. The van der Waals surface area contributed by atoms with Gasteiger partial charge in [-0.15, -0.1) is 0 Å². The van der Waals surface area contributed by atoms with Crippen LogP contribution >= 0.6 is 27.5 Å². The number of rotatable bonds is 4. The molecule has 0 atom stereocenters. The first-order valence-corrected chi connectivity index (χ1v) is 7.01. The molecule has 0 unspecified atom stereocenters. The van der Waals surface area contributed by atoms with E-state index in [1.54, 1.807) is 25.3 Å². The number of benzene rings is 2. The van der Waals surface area contributed by atoms with Crippen molar-refractivity contribution in [2.24, 2.45) is 0 Å². The van der Waals surface area contributed by atoms with Gasteiger partial charge in [-0.05, 0) is 24.3 Å². The Hall–Kier alpha value is -1.92. The van der Waals surface area contributed by atoms with Crippen molar-refractivity contribution < 1.29 is 14.6 Å². The third-order valence-corrected chi connectivity index (χ3v) is 3.48. The summed E-state index contributed by atoms with van der Waals surface area (Å²) in [4.78, 5) is 11.3. The molecule has 0 fully saturated rings. The lowest BCUT2D eigenvalue weighted by molar-refractivity contribution is 0.0698. The number of methoxy groups -OCH3 is 1. The summed E-state index contributed by atoms with van der Waals surface area (Å²) in [7, 11) is 1.55. The zero-order valence-electron chi connectivity index (χ0n) is 11.0. The summed E-state index contributed by atoms with van der Waals surface area (Å²) in [5, 5.41) is 12.5. The van der Waals surface area contributed by atoms with E-state index in [0.29, 0.717) is 11.4 Å². The van der Waals surface area contributed by atoms with Crippen LogP contribution in [0.3, 0.4) is 0 Å². The van der Waals surface area contributed by atoms with Gasteiger partial charge in [-0.2, -0.15) is 0 Å². The van der Waals surface area contributed by atoms with Crippen LogP contribution in [0.25, 0.3) is 0 Å². The number of carboxylic acid groups (broad SMARTS) is 1. The van der Waals surface area contributed by atoms with Crippen LogP contribution < -0.4 is 15.8 Å². The van der Waals surface area contributed by atoms with Crippen molar-refractivity contribution in [1.29, 1.82) is 0 Å². The summed E-state index contributed by atoms with van der Waals surface area (Å²) in [5.74, 6) is -0.496. The van der Waals surface area contributed by atoms with Crippen LogP contribution in [0.2, 0.25) is 5.02 Å². The van der Waals surface area contributed by atoms with E-state index >= 15 is 0 Å². The van der Waals surface area contributed by atoms with E-state index in [2.05, 4.69) is 21.2 Å². The normalized spacial score (nSPS) is 10.2. The minimum atomic E-state index is -1.12. The second-order valence-electron chi connectivity index (χ2n) is 4.24. The zero-order valence-corrected chi connectivity index (χ0v) is 13.3. The third-order valence-electron chi connectivity index (χ3n) is 2.72. The standard InChI is InChI=1S/C14H12BrClN2O3/c1-21-10-3-7(15)2-9(6-10)18-13-11(14(19)20)4-8(17)5-12(13)16/h2-6,18H,17H2,1H3,(H,19,20). The number of carbonyl (C=O) groups is 1. The van der Waals surface area contributed by atoms with Crippen molar-refractivity contribution in [3.63, 3.8) is 0 Å². The second kappa shape index (κ2) is 6.24. The Morgan fingerprint density at radius 2 is 2.05 bits per heavy atom. The van der Waals surface area contributed by atoms with Crippen LogP contribution in [0.1, 0.15) is 10.4 Å². The fourth-order valence-electron chi connectivity index (χ4n) is 1.82. The van der Waals surface area contributed by atoms with Gasteiger partial charge in [0.15, 0.2) is 0 Å². The maximum absolute atomic E-state index is 11.3. The SMILES string of the molecule is COc1cc(Br)cc(Nc2c(Cl)cc(N)cc2C(=O)O)c1. The Balaban J connectivity index is 2.48. The Kier molecular flexibility index (Phi) is 4.59. The molecule has 0 aliphatic heterocycles. The number of carboxylic acids is 1. The van der Waals surface area contributed by atoms with Crippen molar-refractivity contribution >= 4 is 50.6 Å². The smallest absolute Gasteiger partial charge is 0.337 e. The van der Waals surface area contributed by atoms with Crippen LogP contribution in [-0.2, 0) is 0 Å². The predicted molar refractivity (Wildman–Crippen MR) is 86.8 cm³/mol. The lowest BCUT2D eigenvalue weighted by Gasteiger charge is -2.14. The molecule has 0 radical (unpaired) electrons. The summed E-state index contributed by atoms with van der Waals surface area (Å²) in [6, 6.07) is 8.13. The van der Waals surface area contributed by atoms with Gasteiger partial charge in [0.05, 0.1) is 23.4 Å². The van der Waals surface area contributed by atoms with E-state index in [4.69, 9.17) is 22.1 Å². The van der Waals surface area contributed by atoms with Crippen molar-refractivity contribution in [1.82, 2.24) is 0 Å². The van der Waals surface area contributed by atoms with Crippen molar-refractivity contribution in [2.45, 2.75) is 0 Å². The highest BCUT2D eigenvalue weighted by atomic mass is 79.9. The van der Waals surface area contributed by atoms with Gasteiger partial charge in [-0.25, -0.2) is 4.79 Å². The van der Waals surface area contributed by atoms with Gasteiger partial charge < -0.3 is 20.9 Å². The highest BCUT2D eigenvalue weighted by Crippen LogP contribution is 2.34. The minimum Gasteiger partial charge on any atom is -0.497 e. The van der Waals surface area contributed by atoms with E-state index < -0.39 is 5.97 Å².